The number of rotatable bonds is 8. The number of hydrogen-bond acceptors (Lipinski definition) is 4. The van der Waals surface area contributed by atoms with Crippen LogP contribution < -0.4 is 10.1 Å². The van der Waals surface area contributed by atoms with Crippen molar-refractivity contribution < 1.29 is 19.4 Å². The van der Waals surface area contributed by atoms with Gasteiger partial charge in [-0.1, -0.05) is 78.3 Å². The Labute approximate surface area is 208 Å². The molecule has 0 radical (unpaired) electrons. The lowest BCUT2D eigenvalue weighted by Gasteiger charge is -2.19. The Morgan fingerprint density at radius 1 is 0.943 bits per heavy atom. The summed E-state index contributed by atoms with van der Waals surface area (Å²) in [4.78, 5) is 29.0. The molecule has 4 aromatic rings. The number of carbonyl (C=O) groups is 2. The van der Waals surface area contributed by atoms with Crippen LogP contribution in [0, 0.1) is 0 Å². The Kier molecular flexibility index (Phi) is 7.43. The fourth-order valence-corrected chi connectivity index (χ4v) is 4.12. The number of pyridine rings is 1. The lowest BCUT2D eigenvalue weighted by Crippen LogP contribution is -2.30. The number of ether oxygens (including phenoxy) is 1. The van der Waals surface area contributed by atoms with E-state index in [0.29, 0.717) is 22.0 Å². The molecule has 0 spiro atoms. The van der Waals surface area contributed by atoms with Crippen molar-refractivity contribution in [2.45, 2.75) is 12.5 Å². The number of carbonyl (C=O) groups excluding carboxylic acids is 1. The van der Waals surface area contributed by atoms with E-state index in [9.17, 15) is 14.7 Å². The van der Waals surface area contributed by atoms with Crippen molar-refractivity contribution >= 4 is 23.5 Å². The Bertz CT molecular complexity index is 1360. The fraction of sp³-hybridized carbons (Fsp3) is 0.107. The second-order valence-corrected chi connectivity index (χ2v) is 8.28. The normalized spacial score (nSPS) is 11.5. The van der Waals surface area contributed by atoms with Gasteiger partial charge >= 0.3 is 5.97 Å². The molecular formula is C28H23ClN2O4. The van der Waals surface area contributed by atoms with Crippen LogP contribution in [-0.4, -0.2) is 29.1 Å². The molecule has 1 aromatic heterocycles. The summed E-state index contributed by atoms with van der Waals surface area (Å²) in [5, 5.41) is 12.5. The Morgan fingerprint density at radius 3 is 2.34 bits per heavy atom. The third-order valence-electron chi connectivity index (χ3n) is 5.55. The maximum Gasteiger partial charge on any atom is 0.305 e. The number of aliphatic carboxylic acids is 1. The quantitative estimate of drug-likeness (QED) is 0.318. The SMILES string of the molecule is COc1ncc(C(=O)N[C@@H](CC(=O)O)c2ccccc2Cl)cc1-c1cccc(-c2ccccc2)c1. The molecule has 176 valence electrons. The molecule has 4 rings (SSSR count). The predicted octanol–water partition coefficient (Wildman–Crippen LogP) is 6.02. The number of nitrogens with zero attached hydrogens (tertiary/aromatic N) is 1. The van der Waals surface area contributed by atoms with Crippen LogP contribution in [0.3, 0.4) is 0 Å². The second kappa shape index (κ2) is 10.8. The molecule has 0 aliphatic carbocycles. The summed E-state index contributed by atoms with van der Waals surface area (Å²) >= 11 is 6.27. The largest absolute Gasteiger partial charge is 0.481 e. The van der Waals surface area contributed by atoms with Crippen molar-refractivity contribution in [3.05, 3.63) is 107 Å². The van der Waals surface area contributed by atoms with Crippen LogP contribution in [-0.2, 0) is 4.79 Å². The summed E-state index contributed by atoms with van der Waals surface area (Å²) in [6.45, 7) is 0. The van der Waals surface area contributed by atoms with Gasteiger partial charge in [-0.05, 0) is 40.5 Å². The molecule has 0 fully saturated rings. The van der Waals surface area contributed by atoms with Gasteiger partial charge in [0.1, 0.15) is 0 Å². The van der Waals surface area contributed by atoms with E-state index in [0.717, 1.165) is 16.7 Å². The summed E-state index contributed by atoms with van der Waals surface area (Å²) in [6, 6.07) is 25.6. The van der Waals surface area contributed by atoms with E-state index in [-0.39, 0.29) is 12.0 Å². The van der Waals surface area contributed by atoms with Gasteiger partial charge in [0.2, 0.25) is 5.88 Å². The zero-order chi connectivity index (χ0) is 24.8. The van der Waals surface area contributed by atoms with Crippen LogP contribution in [0.4, 0.5) is 0 Å². The van der Waals surface area contributed by atoms with Gasteiger partial charge in [0.05, 0.1) is 25.1 Å². The zero-order valence-corrected chi connectivity index (χ0v) is 19.7. The van der Waals surface area contributed by atoms with Crippen molar-refractivity contribution in [2.24, 2.45) is 0 Å². The first kappa shape index (κ1) is 24.0. The molecule has 0 saturated carbocycles. The maximum atomic E-state index is 13.2. The number of benzene rings is 3. The average Bonchev–Trinajstić information content (AvgIpc) is 2.88. The van der Waals surface area contributed by atoms with E-state index in [1.54, 1.807) is 30.3 Å². The minimum atomic E-state index is -1.05. The van der Waals surface area contributed by atoms with E-state index in [4.69, 9.17) is 16.3 Å². The van der Waals surface area contributed by atoms with Gasteiger partial charge in [0.15, 0.2) is 0 Å². The number of aromatic nitrogens is 1. The minimum absolute atomic E-state index is 0.272. The smallest absolute Gasteiger partial charge is 0.305 e. The molecule has 1 heterocycles. The molecule has 2 N–H and O–H groups in total. The summed E-state index contributed by atoms with van der Waals surface area (Å²) < 4.78 is 5.46. The van der Waals surface area contributed by atoms with Gasteiger partial charge in [0, 0.05) is 16.8 Å². The molecular weight excluding hydrogens is 464 g/mol. The molecule has 7 heteroatoms. The first-order valence-corrected chi connectivity index (χ1v) is 11.3. The van der Waals surface area contributed by atoms with Crippen molar-refractivity contribution in [3.63, 3.8) is 0 Å². The highest BCUT2D eigenvalue weighted by Crippen LogP contribution is 2.32. The molecule has 0 aliphatic heterocycles. The summed E-state index contributed by atoms with van der Waals surface area (Å²) in [7, 11) is 1.52. The lowest BCUT2D eigenvalue weighted by molar-refractivity contribution is -0.137. The Hall–Kier alpha value is -4.16. The molecule has 0 bridgehead atoms. The van der Waals surface area contributed by atoms with Crippen LogP contribution in [0.5, 0.6) is 5.88 Å². The molecule has 0 saturated heterocycles. The molecule has 0 unspecified atom stereocenters. The third-order valence-corrected chi connectivity index (χ3v) is 5.90. The number of halogens is 1. The number of carboxylic acids is 1. The van der Waals surface area contributed by atoms with Crippen molar-refractivity contribution in [1.82, 2.24) is 10.3 Å². The van der Waals surface area contributed by atoms with Gasteiger partial charge in [-0.3, -0.25) is 9.59 Å². The van der Waals surface area contributed by atoms with E-state index >= 15 is 0 Å². The first-order chi connectivity index (χ1) is 17.0. The van der Waals surface area contributed by atoms with Gasteiger partial charge in [-0.15, -0.1) is 0 Å². The van der Waals surface area contributed by atoms with E-state index in [1.165, 1.54) is 13.3 Å². The average molecular weight is 487 g/mol. The van der Waals surface area contributed by atoms with Crippen molar-refractivity contribution in [2.75, 3.05) is 7.11 Å². The van der Waals surface area contributed by atoms with Crippen LogP contribution in [0.2, 0.25) is 5.02 Å². The molecule has 1 amide bonds. The maximum absolute atomic E-state index is 13.2. The van der Waals surface area contributed by atoms with Crippen molar-refractivity contribution in [1.29, 1.82) is 0 Å². The van der Waals surface area contributed by atoms with Crippen LogP contribution in [0.1, 0.15) is 28.4 Å². The van der Waals surface area contributed by atoms with Gasteiger partial charge < -0.3 is 15.2 Å². The number of hydrogen-bond donors (Lipinski definition) is 2. The highest BCUT2D eigenvalue weighted by molar-refractivity contribution is 6.31. The number of amides is 1. The molecule has 0 aliphatic rings. The molecule has 1 atom stereocenters. The predicted molar refractivity (Wildman–Crippen MR) is 136 cm³/mol. The van der Waals surface area contributed by atoms with Gasteiger partial charge in [-0.2, -0.15) is 0 Å². The van der Waals surface area contributed by atoms with E-state index < -0.39 is 17.9 Å². The highest BCUT2D eigenvalue weighted by Gasteiger charge is 2.22. The van der Waals surface area contributed by atoms with Crippen molar-refractivity contribution in [3.8, 4) is 28.1 Å². The molecule has 35 heavy (non-hydrogen) atoms. The number of carboxylic acid groups (broad SMARTS) is 1. The first-order valence-electron chi connectivity index (χ1n) is 10.9. The number of methoxy groups -OCH3 is 1. The topological polar surface area (TPSA) is 88.5 Å². The number of nitrogens with one attached hydrogen (secondary N) is 1. The van der Waals surface area contributed by atoms with E-state index in [1.807, 2.05) is 54.6 Å². The highest BCUT2D eigenvalue weighted by atomic mass is 35.5. The molecule has 3 aromatic carbocycles. The lowest BCUT2D eigenvalue weighted by atomic mass is 9.98. The minimum Gasteiger partial charge on any atom is -0.481 e. The second-order valence-electron chi connectivity index (χ2n) is 7.87. The molecule has 6 nitrogen and oxygen atoms in total. The summed E-state index contributed by atoms with van der Waals surface area (Å²) in [5.41, 5.74) is 4.35. The van der Waals surface area contributed by atoms with Gasteiger partial charge in [0.25, 0.3) is 5.91 Å². The Balaban J connectivity index is 1.67. The van der Waals surface area contributed by atoms with Crippen LogP contribution in [0.25, 0.3) is 22.3 Å². The van der Waals surface area contributed by atoms with Crippen LogP contribution in [0.15, 0.2) is 91.1 Å². The standard InChI is InChI=1S/C28H23ClN2O4/c1-35-28-23(20-11-7-10-19(14-20)18-8-3-2-4-9-18)15-21(17-30-28)27(34)31-25(16-26(32)33)22-12-5-6-13-24(22)29/h2-15,17,25H,16H2,1H3,(H,31,34)(H,32,33)/t25-/m0/s1. The zero-order valence-electron chi connectivity index (χ0n) is 18.9. The summed E-state index contributed by atoms with van der Waals surface area (Å²) in [5.74, 6) is -1.15. The third kappa shape index (κ3) is 5.67. The fourth-order valence-electron chi connectivity index (χ4n) is 3.86. The summed E-state index contributed by atoms with van der Waals surface area (Å²) in [6.07, 6.45) is 1.09. The van der Waals surface area contributed by atoms with Gasteiger partial charge in [-0.25, -0.2) is 4.98 Å². The van der Waals surface area contributed by atoms with E-state index in [2.05, 4.69) is 10.3 Å². The van der Waals surface area contributed by atoms with Crippen LogP contribution >= 0.6 is 11.6 Å². The Morgan fingerprint density at radius 2 is 1.63 bits per heavy atom. The monoisotopic (exact) mass is 486 g/mol.